The molecule has 1 saturated heterocycles. The van der Waals surface area contributed by atoms with Crippen LogP contribution in [0.1, 0.15) is 41.7 Å². The summed E-state index contributed by atoms with van der Waals surface area (Å²) in [6, 6.07) is 1.75. The molecule has 0 bridgehead atoms. The topological polar surface area (TPSA) is 62.3 Å². The van der Waals surface area contributed by atoms with Crippen LogP contribution in [0.3, 0.4) is 0 Å². The molecule has 2 heterocycles. The molecule has 0 spiro atoms. The Morgan fingerprint density at radius 2 is 1.83 bits per heavy atom. The van der Waals surface area contributed by atoms with Crippen LogP contribution in [-0.2, 0) is 11.0 Å². The van der Waals surface area contributed by atoms with Gasteiger partial charge in [0, 0.05) is 31.2 Å². The van der Waals surface area contributed by atoms with Gasteiger partial charge in [-0.1, -0.05) is 0 Å². The number of piperidine rings is 1. The van der Waals surface area contributed by atoms with Crippen molar-refractivity contribution in [1.82, 2.24) is 15.2 Å². The molecule has 2 fully saturated rings. The maximum atomic E-state index is 12.9. The van der Waals surface area contributed by atoms with Crippen LogP contribution in [0.4, 0.5) is 13.2 Å². The highest BCUT2D eigenvalue weighted by Crippen LogP contribution is 2.32. The van der Waals surface area contributed by atoms with Gasteiger partial charge >= 0.3 is 6.18 Å². The number of halogens is 3. The number of alkyl halides is 3. The van der Waals surface area contributed by atoms with Crippen molar-refractivity contribution in [3.8, 4) is 0 Å². The number of amides is 2. The first-order valence-electron chi connectivity index (χ1n) is 7.98. The standard InChI is InChI=1S/C16H18F3N3O2/c17-16(18,19)12-2-1-7-20-13(12)14(23)21-11-5-8-22(9-6-11)15(24)10-3-4-10/h1-2,7,10-11H,3-6,8-9H2,(H,21,23). The van der Waals surface area contributed by atoms with Crippen molar-refractivity contribution >= 4 is 11.8 Å². The number of hydrogen-bond acceptors (Lipinski definition) is 3. The fraction of sp³-hybridized carbons (Fsp3) is 0.562. The summed E-state index contributed by atoms with van der Waals surface area (Å²) in [6.07, 6.45) is -0.496. The van der Waals surface area contributed by atoms with Gasteiger partial charge in [-0.3, -0.25) is 14.6 Å². The number of nitrogens with one attached hydrogen (secondary N) is 1. The molecule has 1 aliphatic carbocycles. The molecule has 2 aliphatic rings. The lowest BCUT2D eigenvalue weighted by atomic mass is 10.0. The van der Waals surface area contributed by atoms with Crippen molar-refractivity contribution < 1.29 is 22.8 Å². The number of carbonyl (C=O) groups excluding carboxylic acids is 2. The summed E-state index contributed by atoms with van der Waals surface area (Å²) in [7, 11) is 0. The monoisotopic (exact) mass is 341 g/mol. The molecule has 1 saturated carbocycles. The number of nitrogens with zero attached hydrogens (tertiary/aromatic N) is 2. The normalized spacial score (nSPS) is 19.2. The second kappa shape index (κ2) is 6.41. The third-order valence-corrected chi connectivity index (χ3v) is 4.40. The average molecular weight is 341 g/mol. The summed E-state index contributed by atoms with van der Waals surface area (Å²) in [6.45, 7) is 1.04. The first kappa shape index (κ1) is 16.7. The van der Waals surface area contributed by atoms with Crippen molar-refractivity contribution in [3.63, 3.8) is 0 Å². The molecule has 3 rings (SSSR count). The highest BCUT2D eigenvalue weighted by atomic mass is 19.4. The van der Waals surface area contributed by atoms with Crippen LogP contribution in [0.2, 0.25) is 0 Å². The first-order valence-corrected chi connectivity index (χ1v) is 7.98. The zero-order valence-corrected chi connectivity index (χ0v) is 13.0. The van der Waals surface area contributed by atoms with Gasteiger partial charge < -0.3 is 10.2 Å². The molecule has 2 amide bonds. The van der Waals surface area contributed by atoms with Gasteiger partial charge in [-0.2, -0.15) is 13.2 Å². The van der Waals surface area contributed by atoms with Crippen molar-refractivity contribution in [2.45, 2.75) is 37.9 Å². The van der Waals surface area contributed by atoms with E-state index in [-0.39, 0.29) is 17.9 Å². The minimum Gasteiger partial charge on any atom is -0.348 e. The molecular formula is C16H18F3N3O2. The van der Waals surface area contributed by atoms with E-state index in [1.165, 1.54) is 6.20 Å². The lowest BCUT2D eigenvalue weighted by Crippen LogP contribution is -2.47. The molecule has 0 atom stereocenters. The summed E-state index contributed by atoms with van der Waals surface area (Å²) in [5, 5.41) is 2.61. The Morgan fingerprint density at radius 1 is 1.17 bits per heavy atom. The van der Waals surface area contributed by atoms with E-state index in [1.54, 1.807) is 4.90 Å². The molecule has 0 aromatic carbocycles. The molecule has 1 aromatic rings. The first-order chi connectivity index (χ1) is 11.4. The maximum Gasteiger partial charge on any atom is 0.418 e. The fourth-order valence-corrected chi connectivity index (χ4v) is 2.90. The number of likely N-dealkylation sites (tertiary alicyclic amines) is 1. The predicted octanol–water partition coefficient (Wildman–Crippen LogP) is 2.23. The average Bonchev–Trinajstić information content (AvgIpc) is 3.39. The van der Waals surface area contributed by atoms with Crippen LogP contribution in [0.15, 0.2) is 18.3 Å². The van der Waals surface area contributed by atoms with Crippen LogP contribution in [0.5, 0.6) is 0 Å². The Hall–Kier alpha value is -2.12. The molecule has 0 radical (unpaired) electrons. The van der Waals surface area contributed by atoms with E-state index in [1.807, 2.05) is 0 Å². The smallest absolute Gasteiger partial charge is 0.348 e. The molecule has 8 heteroatoms. The third-order valence-electron chi connectivity index (χ3n) is 4.40. The summed E-state index contributed by atoms with van der Waals surface area (Å²) in [4.78, 5) is 29.5. The van der Waals surface area contributed by atoms with E-state index in [0.717, 1.165) is 25.0 Å². The number of carbonyl (C=O) groups is 2. The molecule has 0 unspecified atom stereocenters. The number of hydrogen-bond donors (Lipinski definition) is 1. The minimum atomic E-state index is -4.62. The van der Waals surface area contributed by atoms with Gasteiger partial charge in [-0.15, -0.1) is 0 Å². The minimum absolute atomic E-state index is 0.152. The van der Waals surface area contributed by atoms with Crippen LogP contribution >= 0.6 is 0 Å². The number of pyridine rings is 1. The van der Waals surface area contributed by atoms with Crippen molar-refractivity contribution in [1.29, 1.82) is 0 Å². The summed E-state index contributed by atoms with van der Waals surface area (Å²) >= 11 is 0. The highest BCUT2D eigenvalue weighted by Gasteiger charge is 2.37. The van der Waals surface area contributed by atoms with Gasteiger partial charge in [0.05, 0.1) is 5.56 Å². The lowest BCUT2D eigenvalue weighted by Gasteiger charge is -2.32. The Morgan fingerprint density at radius 3 is 2.42 bits per heavy atom. The molecule has 1 aromatic heterocycles. The second-order valence-electron chi connectivity index (χ2n) is 6.24. The zero-order chi connectivity index (χ0) is 17.3. The largest absolute Gasteiger partial charge is 0.418 e. The van der Waals surface area contributed by atoms with Gasteiger partial charge in [-0.05, 0) is 37.8 Å². The summed E-state index contributed by atoms with van der Waals surface area (Å²) in [5.41, 5.74) is -1.65. The molecule has 5 nitrogen and oxygen atoms in total. The molecule has 1 N–H and O–H groups in total. The van der Waals surface area contributed by atoms with Gasteiger partial charge in [0.25, 0.3) is 5.91 Å². The highest BCUT2D eigenvalue weighted by molar-refractivity contribution is 5.94. The van der Waals surface area contributed by atoms with E-state index < -0.39 is 23.3 Å². The zero-order valence-electron chi connectivity index (χ0n) is 13.0. The number of rotatable bonds is 3. The van der Waals surface area contributed by atoms with E-state index in [2.05, 4.69) is 10.3 Å². The SMILES string of the molecule is O=C(NC1CCN(C(=O)C2CC2)CC1)c1ncccc1C(F)(F)F. The molecule has 1 aliphatic heterocycles. The molecule has 130 valence electrons. The van der Waals surface area contributed by atoms with Crippen LogP contribution < -0.4 is 5.32 Å². The van der Waals surface area contributed by atoms with E-state index in [4.69, 9.17) is 0 Å². The third kappa shape index (κ3) is 3.68. The van der Waals surface area contributed by atoms with Crippen molar-refractivity contribution in [2.75, 3.05) is 13.1 Å². The van der Waals surface area contributed by atoms with Crippen molar-refractivity contribution in [2.24, 2.45) is 5.92 Å². The summed E-state index contributed by atoms with van der Waals surface area (Å²) < 4.78 is 38.8. The quantitative estimate of drug-likeness (QED) is 0.917. The van der Waals surface area contributed by atoms with E-state index in [9.17, 15) is 22.8 Å². The van der Waals surface area contributed by atoms with Crippen LogP contribution in [0.25, 0.3) is 0 Å². The fourth-order valence-electron chi connectivity index (χ4n) is 2.90. The van der Waals surface area contributed by atoms with Gasteiger partial charge in [0.2, 0.25) is 5.91 Å². The Kier molecular flexibility index (Phi) is 4.47. The molecular weight excluding hydrogens is 323 g/mol. The summed E-state index contributed by atoms with van der Waals surface area (Å²) in [5.74, 6) is -0.516. The van der Waals surface area contributed by atoms with Crippen LogP contribution in [0, 0.1) is 5.92 Å². The number of aromatic nitrogens is 1. The molecule has 24 heavy (non-hydrogen) atoms. The Labute approximate surface area is 137 Å². The van der Waals surface area contributed by atoms with Gasteiger partial charge in [0.15, 0.2) is 0 Å². The van der Waals surface area contributed by atoms with Crippen molar-refractivity contribution in [3.05, 3.63) is 29.6 Å². The lowest BCUT2D eigenvalue weighted by molar-refractivity contribution is -0.138. The van der Waals surface area contributed by atoms with E-state index >= 15 is 0 Å². The van der Waals surface area contributed by atoms with Gasteiger partial charge in [0.1, 0.15) is 5.69 Å². The van der Waals surface area contributed by atoms with Crippen LogP contribution in [-0.4, -0.2) is 40.8 Å². The second-order valence-corrected chi connectivity index (χ2v) is 6.24. The van der Waals surface area contributed by atoms with Gasteiger partial charge in [-0.25, -0.2) is 0 Å². The Bertz CT molecular complexity index is 636. The predicted molar refractivity (Wildman–Crippen MR) is 79.0 cm³/mol. The maximum absolute atomic E-state index is 12.9. The Balaban J connectivity index is 1.59. The van der Waals surface area contributed by atoms with E-state index in [0.29, 0.717) is 25.9 Å².